The van der Waals surface area contributed by atoms with Gasteiger partial charge in [0.2, 0.25) is 5.91 Å². The van der Waals surface area contributed by atoms with Gasteiger partial charge in [-0.3, -0.25) is 24.1 Å². The SMILES string of the molecule is CC(C)(C)OC(=O)NOCCOCCOCCNC(=O)CCN1C(=O)C=CC1=O. The van der Waals surface area contributed by atoms with Crippen molar-refractivity contribution in [2.75, 3.05) is 46.1 Å². The van der Waals surface area contributed by atoms with Gasteiger partial charge in [0.05, 0.1) is 33.0 Å². The van der Waals surface area contributed by atoms with E-state index in [9.17, 15) is 19.2 Å². The Morgan fingerprint density at radius 1 is 0.966 bits per heavy atom. The van der Waals surface area contributed by atoms with Crippen molar-refractivity contribution in [2.24, 2.45) is 0 Å². The summed E-state index contributed by atoms with van der Waals surface area (Å²) in [4.78, 5) is 51.6. The molecule has 0 unspecified atom stereocenters. The van der Waals surface area contributed by atoms with Crippen LogP contribution in [0.2, 0.25) is 0 Å². The number of hydrogen-bond donors (Lipinski definition) is 2. The summed E-state index contributed by atoms with van der Waals surface area (Å²) in [5.74, 6) is -1.08. The van der Waals surface area contributed by atoms with Gasteiger partial charge in [0.1, 0.15) is 5.60 Å². The molecule has 0 aromatic carbocycles. The number of rotatable bonds is 13. The molecule has 0 aromatic heterocycles. The maximum Gasteiger partial charge on any atom is 0.431 e. The zero-order chi connectivity index (χ0) is 21.7. The Labute approximate surface area is 169 Å². The van der Waals surface area contributed by atoms with E-state index in [1.54, 1.807) is 20.8 Å². The predicted octanol–water partition coefficient (Wildman–Crippen LogP) is -0.0928. The van der Waals surface area contributed by atoms with Gasteiger partial charge in [-0.1, -0.05) is 0 Å². The molecule has 0 fully saturated rings. The Bertz CT molecular complexity index is 582. The Hall–Kier alpha value is -2.50. The summed E-state index contributed by atoms with van der Waals surface area (Å²) < 4.78 is 15.5. The van der Waals surface area contributed by atoms with E-state index in [0.717, 1.165) is 4.90 Å². The lowest BCUT2D eigenvalue weighted by atomic mass is 10.2. The normalized spacial score (nSPS) is 13.7. The van der Waals surface area contributed by atoms with Crippen molar-refractivity contribution in [3.8, 4) is 0 Å². The first-order chi connectivity index (χ1) is 13.7. The summed E-state index contributed by atoms with van der Waals surface area (Å²) in [5.41, 5.74) is 1.55. The maximum atomic E-state index is 11.7. The number of ether oxygens (including phenoxy) is 3. The summed E-state index contributed by atoms with van der Waals surface area (Å²) in [6.45, 7) is 6.99. The highest BCUT2D eigenvalue weighted by Gasteiger charge is 2.23. The molecule has 0 spiro atoms. The minimum atomic E-state index is -0.668. The van der Waals surface area contributed by atoms with E-state index in [0.29, 0.717) is 26.4 Å². The Morgan fingerprint density at radius 2 is 1.55 bits per heavy atom. The van der Waals surface area contributed by atoms with Crippen molar-refractivity contribution < 1.29 is 38.2 Å². The number of nitrogens with one attached hydrogen (secondary N) is 2. The van der Waals surface area contributed by atoms with Crippen LogP contribution in [0.15, 0.2) is 12.2 Å². The second-order valence-electron chi connectivity index (χ2n) is 6.94. The molecule has 1 aliphatic heterocycles. The van der Waals surface area contributed by atoms with Gasteiger partial charge in [0.25, 0.3) is 11.8 Å². The van der Waals surface area contributed by atoms with E-state index in [-0.39, 0.29) is 32.1 Å². The van der Waals surface area contributed by atoms with Crippen molar-refractivity contribution in [2.45, 2.75) is 32.8 Å². The summed E-state index contributed by atoms with van der Waals surface area (Å²) in [6.07, 6.45) is 1.73. The topological polar surface area (TPSA) is 132 Å². The lowest BCUT2D eigenvalue weighted by Gasteiger charge is -2.19. The van der Waals surface area contributed by atoms with Gasteiger partial charge in [-0.05, 0) is 20.8 Å². The van der Waals surface area contributed by atoms with Gasteiger partial charge < -0.3 is 19.5 Å². The predicted molar refractivity (Wildman–Crippen MR) is 100 cm³/mol. The fourth-order valence-electron chi connectivity index (χ4n) is 2.05. The van der Waals surface area contributed by atoms with Crippen molar-refractivity contribution in [1.82, 2.24) is 15.7 Å². The van der Waals surface area contributed by atoms with Crippen molar-refractivity contribution >= 4 is 23.8 Å². The fraction of sp³-hybridized carbons (Fsp3) is 0.667. The second-order valence-corrected chi connectivity index (χ2v) is 6.94. The molecule has 2 N–H and O–H groups in total. The van der Waals surface area contributed by atoms with Crippen LogP contribution in [0.5, 0.6) is 0 Å². The number of amides is 4. The molecule has 1 heterocycles. The average Bonchev–Trinajstić information content (AvgIpc) is 2.94. The quantitative estimate of drug-likeness (QED) is 0.242. The zero-order valence-electron chi connectivity index (χ0n) is 17.0. The van der Waals surface area contributed by atoms with Crippen LogP contribution in [-0.4, -0.2) is 80.4 Å². The van der Waals surface area contributed by atoms with Crippen LogP contribution in [0.3, 0.4) is 0 Å². The van der Waals surface area contributed by atoms with E-state index in [1.165, 1.54) is 12.2 Å². The van der Waals surface area contributed by atoms with Gasteiger partial charge in [-0.25, -0.2) is 4.79 Å². The Kier molecular flexibility index (Phi) is 10.9. The van der Waals surface area contributed by atoms with Crippen LogP contribution in [0.25, 0.3) is 0 Å². The molecule has 0 aromatic rings. The zero-order valence-corrected chi connectivity index (χ0v) is 17.0. The van der Waals surface area contributed by atoms with Gasteiger partial charge in [0.15, 0.2) is 0 Å². The highest BCUT2D eigenvalue weighted by Crippen LogP contribution is 2.06. The lowest BCUT2D eigenvalue weighted by molar-refractivity contribution is -0.137. The third-order valence-electron chi connectivity index (χ3n) is 3.29. The van der Waals surface area contributed by atoms with Crippen LogP contribution >= 0.6 is 0 Å². The highest BCUT2D eigenvalue weighted by molar-refractivity contribution is 6.13. The first-order valence-corrected chi connectivity index (χ1v) is 9.25. The molecule has 0 saturated carbocycles. The number of imide groups is 1. The summed E-state index contributed by atoms with van der Waals surface area (Å²) in [6, 6.07) is 0. The van der Waals surface area contributed by atoms with Crippen LogP contribution in [0, 0.1) is 0 Å². The third kappa shape index (κ3) is 11.8. The summed E-state index contributed by atoms with van der Waals surface area (Å²) in [7, 11) is 0. The Morgan fingerprint density at radius 3 is 2.17 bits per heavy atom. The minimum absolute atomic E-state index is 0.0413. The first kappa shape index (κ1) is 24.5. The highest BCUT2D eigenvalue weighted by atomic mass is 16.7. The minimum Gasteiger partial charge on any atom is -0.442 e. The fourth-order valence-corrected chi connectivity index (χ4v) is 2.05. The smallest absolute Gasteiger partial charge is 0.431 e. The summed E-state index contributed by atoms with van der Waals surface area (Å²) in [5, 5.41) is 2.64. The van der Waals surface area contributed by atoms with Crippen molar-refractivity contribution in [3.63, 3.8) is 0 Å². The largest absolute Gasteiger partial charge is 0.442 e. The maximum absolute atomic E-state index is 11.7. The molecule has 11 nitrogen and oxygen atoms in total. The Balaban J connectivity index is 1.87. The number of carbonyl (C=O) groups excluding carboxylic acids is 4. The first-order valence-electron chi connectivity index (χ1n) is 9.25. The van der Waals surface area contributed by atoms with Gasteiger partial charge in [-0.2, -0.15) is 5.48 Å². The van der Waals surface area contributed by atoms with Crippen LogP contribution in [0.4, 0.5) is 4.79 Å². The molecular formula is C18H29N3O8. The van der Waals surface area contributed by atoms with Gasteiger partial charge in [-0.15, -0.1) is 0 Å². The molecule has 0 saturated heterocycles. The molecule has 0 radical (unpaired) electrons. The van der Waals surface area contributed by atoms with Crippen molar-refractivity contribution in [3.05, 3.63) is 12.2 Å². The average molecular weight is 415 g/mol. The summed E-state index contributed by atoms with van der Waals surface area (Å²) >= 11 is 0. The van der Waals surface area contributed by atoms with E-state index in [1.807, 2.05) is 0 Å². The van der Waals surface area contributed by atoms with Gasteiger partial charge >= 0.3 is 6.09 Å². The van der Waals surface area contributed by atoms with Crippen LogP contribution in [-0.2, 0) is 33.4 Å². The molecule has 0 atom stereocenters. The standard InChI is InChI=1S/C18H29N3O8/c1-18(2,3)29-17(25)20-28-13-12-27-11-10-26-9-7-19-14(22)6-8-21-15(23)4-5-16(21)24/h4-5H,6-13H2,1-3H3,(H,19,22)(H,20,25). The second kappa shape index (κ2) is 12.9. The molecule has 4 amide bonds. The lowest BCUT2D eigenvalue weighted by Crippen LogP contribution is -2.35. The number of hydrogen-bond acceptors (Lipinski definition) is 8. The molecule has 164 valence electrons. The van der Waals surface area contributed by atoms with Gasteiger partial charge in [0, 0.05) is 31.7 Å². The third-order valence-corrected chi connectivity index (χ3v) is 3.29. The molecule has 11 heteroatoms. The molecule has 29 heavy (non-hydrogen) atoms. The molecule has 0 aliphatic carbocycles. The number of nitrogens with zero attached hydrogens (tertiary/aromatic N) is 1. The van der Waals surface area contributed by atoms with E-state index < -0.39 is 23.5 Å². The molecule has 0 bridgehead atoms. The van der Waals surface area contributed by atoms with E-state index in [2.05, 4.69) is 10.8 Å². The monoisotopic (exact) mass is 415 g/mol. The number of hydroxylamine groups is 1. The molecule has 1 rings (SSSR count). The molecular weight excluding hydrogens is 386 g/mol. The van der Waals surface area contributed by atoms with E-state index in [4.69, 9.17) is 19.0 Å². The number of carbonyl (C=O) groups is 4. The van der Waals surface area contributed by atoms with Crippen molar-refractivity contribution in [1.29, 1.82) is 0 Å². The van der Waals surface area contributed by atoms with Crippen LogP contribution in [0.1, 0.15) is 27.2 Å². The van der Waals surface area contributed by atoms with Crippen LogP contribution < -0.4 is 10.8 Å². The molecule has 1 aliphatic rings. The van der Waals surface area contributed by atoms with E-state index >= 15 is 0 Å².